The van der Waals surface area contributed by atoms with Gasteiger partial charge in [0.2, 0.25) is 0 Å². The van der Waals surface area contributed by atoms with Crippen molar-refractivity contribution in [1.82, 2.24) is 0 Å². The monoisotopic (exact) mass is 712 g/mol. The van der Waals surface area contributed by atoms with E-state index < -0.39 is 24.0 Å². The highest BCUT2D eigenvalue weighted by Gasteiger charge is 2.39. The van der Waals surface area contributed by atoms with E-state index in [0.29, 0.717) is 46.8 Å². The van der Waals surface area contributed by atoms with Crippen molar-refractivity contribution < 1.29 is 58.1 Å². The molecule has 4 aromatic carbocycles. The minimum atomic E-state index is -0.618. The second kappa shape index (κ2) is 17.1. The number of carbonyl (C=O) groups excluding carboxylic acids is 2. The van der Waals surface area contributed by atoms with E-state index in [9.17, 15) is 24.9 Å². The van der Waals surface area contributed by atoms with E-state index >= 15 is 0 Å². The Bertz CT molecular complexity index is 1960. The molecule has 52 heavy (non-hydrogen) atoms. The van der Waals surface area contributed by atoms with Crippen LogP contribution in [0.3, 0.4) is 0 Å². The molecule has 272 valence electrons. The van der Waals surface area contributed by atoms with Crippen molar-refractivity contribution in [3.8, 4) is 46.0 Å². The number of ether oxygens (including phenoxy) is 7. The highest BCUT2D eigenvalue weighted by atomic mass is 16.5. The number of benzene rings is 4. The Hall–Kier alpha value is -6.30. The van der Waals surface area contributed by atoms with Crippen molar-refractivity contribution in [2.24, 2.45) is 0 Å². The maximum absolute atomic E-state index is 12.9. The first-order chi connectivity index (χ1) is 25.1. The van der Waals surface area contributed by atoms with Crippen molar-refractivity contribution >= 4 is 24.1 Å². The molecule has 0 bridgehead atoms. The molecule has 0 aliphatic carbocycles. The number of phenolic OH excluding ortho intramolecular Hbond substituents is 3. The van der Waals surface area contributed by atoms with Crippen LogP contribution in [0.25, 0.3) is 12.2 Å². The Kier molecular flexibility index (Phi) is 12.1. The number of hydrogen-bond acceptors (Lipinski definition) is 12. The van der Waals surface area contributed by atoms with Gasteiger partial charge in [0.1, 0.15) is 12.7 Å². The minimum absolute atomic E-state index is 0.00112. The molecular formula is C40H40O12. The van der Waals surface area contributed by atoms with E-state index in [-0.39, 0.29) is 42.0 Å². The lowest BCUT2D eigenvalue weighted by Crippen LogP contribution is -2.17. The minimum Gasteiger partial charge on any atom is -0.504 e. The fraction of sp³-hybridized carbons (Fsp3) is 0.250. The van der Waals surface area contributed by atoms with Crippen LogP contribution in [-0.2, 0) is 25.5 Å². The smallest absolute Gasteiger partial charge is 0.330 e. The molecule has 1 aliphatic heterocycles. The van der Waals surface area contributed by atoms with Crippen molar-refractivity contribution in [3.05, 3.63) is 107 Å². The summed E-state index contributed by atoms with van der Waals surface area (Å²) in [5.41, 5.74) is 3.63. The van der Waals surface area contributed by atoms with E-state index in [2.05, 4.69) is 0 Å². The first-order valence-corrected chi connectivity index (χ1v) is 16.3. The topological polar surface area (TPSA) is 159 Å². The first-order valence-electron chi connectivity index (χ1n) is 16.3. The Balaban J connectivity index is 1.30. The molecule has 0 fully saturated rings. The SMILES string of the molecule is COc1cc(C=CC(=O)OCCCc2cc(OC)c3c(c2)[C@H](COC(=O)C=Cc2ccc(O)c(OC)c2)[C@@H](c2ccc(O)c(OC)c2)O3)ccc1O. The zero-order valence-corrected chi connectivity index (χ0v) is 29.2. The second-order valence-corrected chi connectivity index (χ2v) is 11.7. The van der Waals surface area contributed by atoms with Crippen molar-refractivity contribution in [2.75, 3.05) is 41.7 Å². The maximum Gasteiger partial charge on any atom is 0.330 e. The molecular weight excluding hydrogens is 672 g/mol. The van der Waals surface area contributed by atoms with Crippen LogP contribution in [0.1, 0.15) is 46.3 Å². The normalized spacial score (nSPS) is 14.8. The Morgan fingerprint density at radius 3 is 1.79 bits per heavy atom. The standard InChI is InChI=1S/C40H40O12/c1-46-33-19-24(7-12-30(33)41)9-15-37(44)50-17-5-6-26-18-28-29(23-51-38(45)16-10-25-8-13-31(42)34(20-25)47-2)39(52-40(28)36(21-26)49-4)27-11-14-32(43)35(22-27)48-3/h7-16,18-22,29,39,41-43H,5-6,17,23H2,1-4H3/t29-,39+/m0/s1. The number of hydrogen-bond donors (Lipinski definition) is 3. The fourth-order valence-electron chi connectivity index (χ4n) is 5.74. The molecule has 0 aromatic heterocycles. The molecule has 2 atom stereocenters. The van der Waals surface area contributed by atoms with Crippen LogP contribution >= 0.6 is 0 Å². The van der Waals surface area contributed by atoms with Gasteiger partial charge >= 0.3 is 11.9 Å². The van der Waals surface area contributed by atoms with Gasteiger partial charge in [0.05, 0.1) is 41.0 Å². The molecule has 0 saturated carbocycles. The molecule has 5 rings (SSSR count). The van der Waals surface area contributed by atoms with E-state index in [4.69, 9.17) is 33.2 Å². The molecule has 12 nitrogen and oxygen atoms in total. The molecule has 12 heteroatoms. The summed E-state index contributed by atoms with van der Waals surface area (Å²) in [5, 5.41) is 29.9. The van der Waals surface area contributed by atoms with E-state index in [1.807, 2.05) is 12.1 Å². The van der Waals surface area contributed by atoms with Crippen LogP contribution in [0.4, 0.5) is 0 Å². The molecule has 1 aliphatic rings. The van der Waals surface area contributed by atoms with Gasteiger partial charge in [-0.05, 0) is 89.7 Å². The van der Waals surface area contributed by atoms with Crippen LogP contribution in [0.15, 0.2) is 78.9 Å². The van der Waals surface area contributed by atoms with Crippen molar-refractivity contribution in [1.29, 1.82) is 0 Å². The molecule has 0 spiro atoms. The van der Waals surface area contributed by atoms with Gasteiger partial charge in [0, 0.05) is 17.7 Å². The van der Waals surface area contributed by atoms with Crippen LogP contribution in [0.5, 0.6) is 46.0 Å². The zero-order chi connectivity index (χ0) is 37.2. The van der Waals surface area contributed by atoms with Gasteiger partial charge in [-0.15, -0.1) is 0 Å². The summed E-state index contributed by atoms with van der Waals surface area (Å²) in [5.74, 6) is 0.199. The summed E-state index contributed by atoms with van der Waals surface area (Å²) in [6.45, 7) is 0.112. The van der Waals surface area contributed by atoms with Gasteiger partial charge in [-0.3, -0.25) is 0 Å². The first kappa shape index (κ1) is 37.0. The summed E-state index contributed by atoms with van der Waals surface area (Å²) in [4.78, 5) is 25.3. The van der Waals surface area contributed by atoms with E-state index in [1.165, 1.54) is 58.8 Å². The highest BCUT2D eigenvalue weighted by Crippen LogP contribution is 2.52. The molecule has 0 unspecified atom stereocenters. The van der Waals surface area contributed by atoms with Crippen molar-refractivity contribution in [3.63, 3.8) is 0 Å². The third-order valence-electron chi connectivity index (χ3n) is 8.40. The number of aryl methyl sites for hydroxylation is 1. The predicted molar refractivity (Wildman–Crippen MR) is 191 cm³/mol. The molecule has 0 saturated heterocycles. The third-order valence-corrected chi connectivity index (χ3v) is 8.40. The number of aromatic hydroxyl groups is 3. The summed E-state index contributed by atoms with van der Waals surface area (Å²) in [6.07, 6.45) is 6.16. The van der Waals surface area contributed by atoms with E-state index in [1.54, 1.807) is 48.6 Å². The van der Waals surface area contributed by atoms with Gasteiger partial charge < -0.3 is 48.5 Å². The molecule has 0 amide bonds. The van der Waals surface area contributed by atoms with Gasteiger partial charge in [-0.1, -0.05) is 24.3 Å². The van der Waals surface area contributed by atoms with Crippen LogP contribution in [-0.4, -0.2) is 68.9 Å². The lowest BCUT2D eigenvalue weighted by atomic mass is 9.90. The largest absolute Gasteiger partial charge is 0.504 e. The summed E-state index contributed by atoms with van der Waals surface area (Å²) >= 11 is 0. The highest BCUT2D eigenvalue weighted by molar-refractivity contribution is 5.87. The summed E-state index contributed by atoms with van der Waals surface area (Å²) < 4.78 is 38.9. The number of phenols is 3. The Morgan fingerprint density at radius 2 is 1.21 bits per heavy atom. The molecule has 4 aromatic rings. The lowest BCUT2D eigenvalue weighted by Gasteiger charge is -2.20. The average Bonchev–Trinajstić information content (AvgIpc) is 3.53. The van der Waals surface area contributed by atoms with Crippen LogP contribution < -0.4 is 23.7 Å². The molecule has 3 N–H and O–H groups in total. The average molecular weight is 713 g/mol. The number of methoxy groups -OCH3 is 4. The van der Waals surface area contributed by atoms with Gasteiger partial charge in [0.25, 0.3) is 0 Å². The number of rotatable bonds is 15. The van der Waals surface area contributed by atoms with Crippen molar-refractivity contribution in [2.45, 2.75) is 24.9 Å². The van der Waals surface area contributed by atoms with Gasteiger partial charge in [0.15, 0.2) is 46.0 Å². The van der Waals surface area contributed by atoms with Crippen LogP contribution in [0, 0.1) is 0 Å². The predicted octanol–water partition coefficient (Wildman–Crippen LogP) is 6.50. The quantitative estimate of drug-likeness (QED) is 0.0699. The third kappa shape index (κ3) is 8.88. The number of esters is 2. The number of carbonyl (C=O) groups is 2. The van der Waals surface area contributed by atoms with E-state index in [0.717, 1.165) is 11.1 Å². The molecule has 0 radical (unpaired) electrons. The van der Waals surface area contributed by atoms with Gasteiger partial charge in [-0.25, -0.2) is 9.59 Å². The molecule has 1 heterocycles. The number of fused-ring (bicyclic) bond motifs is 1. The zero-order valence-electron chi connectivity index (χ0n) is 29.2. The van der Waals surface area contributed by atoms with Crippen LogP contribution in [0.2, 0.25) is 0 Å². The Labute approximate surface area is 301 Å². The second-order valence-electron chi connectivity index (χ2n) is 11.7. The maximum atomic E-state index is 12.9. The Morgan fingerprint density at radius 1 is 0.673 bits per heavy atom. The van der Waals surface area contributed by atoms with Gasteiger partial charge in [-0.2, -0.15) is 0 Å². The fourth-order valence-corrected chi connectivity index (χ4v) is 5.74. The summed E-state index contributed by atoms with van der Waals surface area (Å²) in [7, 11) is 5.87. The lowest BCUT2D eigenvalue weighted by molar-refractivity contribution is -0.139. The summed E-state index contributed by atoms with van der Waals surface area (Å²) in [6, 6.07) is 18.2.